The van der Waals surface area contributed by atoms with Crippen LogP contribution in [0.4, 0.5) is 5.69 Å². The first-order valence-corrected chi connectivity index (χ1v) is 11.4. The molecule has 188 valence electrons. The number of carbonyl (C=O) groups excluding carboxylic acids is 1. The molecule has 0 spiro atoms. The average molecular weight is 503 g/mol. The van der Waals surface area contributed by atoms with Gasteiger partial charge in [-0.3, -0.25) is 14.9 Å². The van der Waals surface area contributed by atoms with E-state index in [1.165, 1.54) is 12.1 Å². The number of nitro groups is 1. The van der Waals surface area contributed by atoms with Gasteiger partial charge >= 0.3 is 17.4 Å². The van der Waals surface area contributed by atoms with Crippen molar-refractivity contribution in [2.75, 3.05) is 13.7 Å². The molecule has 2 unspecified atom stereocenters. The van der Waals surface area contributed by atoms with Crippen molar-refractivity contribution in [2.45, 2.75) is 84.8 Å². The monoisotopic (exact) mass is 502 g/mol. The molecule has 0 aromatic heterocycles. The molecule has 1 aromatic rings. The first kappa shape index (κ1) is 33.6. The van der Waals surface area contributed by atoms with Crippen molar-refractivity contribution in [3.05, 3.63) is 48.2 Å². The van der Waals surface area contributed by atoms with Crippen LogP contribution in [0.2, 0.25) is 0 Å². The number of hydrogen-bond donors (Lipinski definition) is 1. The van der Waals surface area contributed by atoms with Crippen LogP contribution in [0.5, 0.6) is 5.75 Å². The molecule has 0 saturated carbocycles. The Morgan fingerprint density at radius 2 is 1.70 bits per heavy atom. The minimum absolute atomic E-state index is 0. The molecule has 0 bridgehead atoms. The van der Waals surface area contributed by atoms with Crippen LogP contribution in [0.3, 0.4) is 0 Å². The van der Waals surface area contributed by atoms with Gasteiger partial charge in [0.25, 0.3) is 5.69 Å². The molecule has 33 heavy (non-hydrogen) atoms. The van der Waals surface area contributed by atoms with Gasteiger partial charge in [0.15, 0.2) is 0 Å². The summed E-state index contributed by atoms with van der Waals surface area (Å²) in [6.45, 7) is 15.8. The van der Waals surface area contributed by atoms with Crippen molar-refractivity contribution in [3.63, 3.8) is 0 Å². The number of unbranched alkanes of at least 4 members (excludes halogenated alkanes) is 3. The molecule has 0 saturated heterocycles. The van der Waals surface area contributed by atoms with Gasteiger partial charge < -0.3 is 28.6 Å². The van der Waals surface area contributed by atoms with Crippen molar-refractivity contribution in [2.24, 2.45) is 5.41 Å². The van der Waals surface area contributed by atoms with Gasteiger partial charge in [-0.15, -0.1) is 0 Å². The number of non-ortho nitro benzene ring substituents is 1. The minimum Gasteiger partial charge on any atom is -0.494 e. The van der Waals surface area contributed by atoms with Crippen molar-refractivity contribution < 1.29 is 36.6 Å². The Bertz CT molecular complexity index is 649. The summed E-state index contributed by atoms with van der Waals surface area (Å²) in [4.78, 5) is 22.8. The fraction of sp³-hybridized carbons (Fsp3) is 0.640. The molecule has 0 aliphatic carbocycles. The topological polar surface area (TPSA) is 90.7 Å². The van der Waals surface area contributed by atoms with Crippen LogP contribution in [0.25, 0.3) is 0 Å². The van der Waals surface area contributed by atoms with E-state index in [9.17, 15) is 14.9 Å². The largest absolute Gasteiger partial charge is 2.00 e. The molecule has 1 N–H and O–H groups in total. The van der Waals surface area contributed by atoms with Gasteiger partial charge in [-0.25, -0.2) is 0 Å². The molecule has 0 radical (unpaired) electrons. The summed E-state index contributed by atoms with van der Waals surface area (Å²) in [5, 5.41) is 13.7. The predicted molar refractivity (Wildman–Crippen MR) is 129 cm³/mol. The maximum atomic E-state index is 12.6. The summed E-state index contributed by atoms with van der Waals surface area (Å²) in [5.74, 6) is 0.682. The third-order valence-electron chi connectivity index (χ3n) is 5.13. The van der Waals surface area contributed by atoms with E-state index >= 15 is 0 Å². The molecule has 1 aromatic carbocycles. The van der Waals surface area contributed by atoms with Crippen LogP contribution >= 0.6 is 0 Å². The van der Waals surface area contributed by atoms with E-state index in [1.807, 2.05) is 27.7 Å². The molecular formula is C25H42CrN2O5. The summed E-state index contributed by atoms with van der Waals surface area (Å²) in [7, 11) is 1.63. The normalized spacial score (nSPS) is 12.5. The standard InChI is InChI=1S/C22H35N2O5.C3H7.Cr/c1-6-20(28-5)17(2)23-21(25)22(3,4)15-9-7-8-10-16-29-19-13-11-18(12-14-19)24(26)27;1-3-2;/h11-14,17,20H,1,6-10,15-16H2,2-5H3,(H,23,25);1,3H2,2H3;/q2*-1;+2. The number of hydrogen-bond acceptors (Lipinski definition) is 5. The molecule has 8 heteroatoms. The number of rotatable bonds is 14. The van der Waals surface area contributed by atoms with E-state index in [-0.39, 0.29) is 41.1 Å². The Kier molecular flexibility index (Phi) is 19.1. The van der Waals surface area contributed by atoms with Crippen LogP contribution in [0.1, 0.15) is 72.6 Å². The second-order valence-corrected chi connectivity index (χ2v) is 8.47. The maximum Gasteiger partial charge on any atom is 2.00 e. The molecule has 0 fully saturated rings. The number of nitrogens with zero attached hydrogens (tertiary/aromatic N) is 1. The van der Waals surface area contributed by atoms with Gasteiger partial charge in [0.2, 0.25) is 5.91 Å². The fourth-order valence-electron chi connectivity index (χ4n) is 3.06. The van der Waals surface area contributed by atoms with Crippen LogP contribution in [-0.2, 0) is 26.9 Å². The number of carbonyl (C=O) groups is 1. The molecule has 0 aliphatic rings. The second kappa shape index (κ2) is 18.8. The Hall–Kier alpha value is -1.62. The smallest absolute Gasteiger partial charge is 0.494 e. The van der Waals surface area contributed by atoms with Crippen molar-refractivity contribution in [1.82, 2.24) is 5.32 Å². The van der Waals surface area contributed by atoms with Crippen molar-refractivity contribution >= 4 is 11.6 Å². The first-order valence-electron chi connectivity index (χ1n) is 11.4. The number of methoxy groups -OCH3 is 1. The summed E-state index contributed by atoms with van der Waals surface area (Å²) < 4.78 is 11.0. The van der Waals surface area contributed by atoms with E-state index < -0.39 is 10.3 Å². The zero-order valence-corrected chi connectivity index (χ0v) is 22.2. The Morgan fingerprint density at radius 3 is 2.18 bits per heavy atom. The van der Waals surface area contributed by atoms with Gasteiger partial charge in [-0.05, 0) is 31.9 Å². The third-order valence-corrected chi connectivity index (χ3v) is 5.13. The number of nitrogens with one attached hydrogen (secondary N) is 1. The first-order chi connectivity index (χ1) is 15.1. The number of nitro benzene ring substituents is 1. The quantitative estimate of drug-likeness (QED) is 0.148. The molecule has 7 nitrogen and oxygen atoms in total. The molecule has 0 heterocycles. The van der Waals surface area contributed by atoms with E-state index in [0.29, 0.717) is 18.8 Å². The zero-order chi connectivity index (χ0) is 24.6. The maximum absolute atomic E-state index is 12.6. The van der Waals surface area contributed by atoms with Crippen LogP contribution in [0.15, 0.2) is 24.3 Å². The Balaban J connectivity index is 0. The van der Waals surface area contributed by atoms with Gasteiger partial charge in [0.05, 0.1) is 17.6 Å². The second-order valence-electron chi connectivity index (χ2n) is 8.47. The SMILES string of the molecule is [CH2-]CC.[CH2-]CC(OC)C(C)NC(=O)C(C)(C)CCCCCCOc1ccc([N+](=O)[O-])cc1.[Cr+2]. The zero-order valence-electron chi connectivity index (χ0n) is 20.9. The number of benzene rings is 1. The van der Waals surface area contributed by atoms with Gasteiger partial charge in [-0.2, -0.15) is 12.8 Å². The van der Waals surface area contributed by atoms with Crippen molar-refractivity contribution in [1.29, 1.82) is 0 Å². The third kappa shape index (κ3) is 14.3. The van der Waals surface area contributed by atoms with E-state index in [4.69, 9.17) is 9.47 Å². The molecule has 2 atom stereocenters. The number of ether oxygens (including phenoxy) is 2. The summed E-state index contributed by atoms with van der Waals surface area (Å²) in [6.07, 6.45) is 6.25. The van der Waals surface area contributed by atoms with E-state index in [0.717, 1.165) is 38.5 Å². The summed E-state index contributed by atoms with van der Waals surface area (Å²) in [5.41, 5.74) is -0.370. The molecule has 0 aliphatic heterocycles. The predicted octanol–water partition coefficient (Wildman–Crippen LogP) is 5.92. The van der Waals surface area contributed by atoms with Crippen molar-refractivity contribution in [3.8, 4) is 5.75 Å². The van der Waals surface area contributed by atoms with E-state index in [1.54, 1.807) is 19.2 Å². The molecular weight excluding hydrogens is 460 g/mol. The van der Waals surface area contributed by atoms with Gasteiger partial charge in [0, 0.05) is 30.7 Å². The van der Waals surface area contributed by atoms with Gasteiger partial charge in [0.1, 0.15) is 5.75 Å². The summed E-state index contributed by atoms with van der Waals surface area (Å²) >= 11 is 0. The van der Waals surface area contributed by atoms with Gasteiger partial charge in [-0.1, -0.05) is 40.0 Å². The van der Waals surface area contributed by atoms with E-state index in [2.05, 4.69) is 19.2 Å². The molecule has 1 rings (SSSR count). The fourth-order valence-corrected chi connectivity index (χ4v) is 3.06. The van der Waals surface area contributed by atoms with Crippen LogP contribution < -0.4 is 10.1 Å². The summed E-state index contributed by atoms with van der Waals surface area (Å²) in [6, 6.07) is 6.04. The van der Waals surface area contributed by atoms with Crippen LogP contribution in [0, 0.1) is 29.4 Å². The Labute approximate surface area is 211 Å². The Morgan fingerprint density at radius 1 is 1.15 bits per heavy atom. The minimum atomic E-state index is -0.428. The molecule has 1 amide bonds. The number of amides is 1. The average Bonchev–Trinajstić information content (AvgIpc) is 2.74. The van der Waals surface area contributed by atoms with Crippen LogP contribution in [-0.4, -0.2) is 36.7 Å².